The minimum Gasteiger partial charge on any atom is -0.377 e. The van der Waals surface area contributed by atoms with Gasteiger partial charge < -0.3 is 20.3 Å². The maximum atomic E-state index is 13.1. The second-order valence-corrected chi connectivity index (χ2v) is 7.79. The lowest BCUT2D eigenvalue weighted by Crippen LogP contribution is -2.82. The molecule has 5 nitrogen and oxygen atoms in total. The van der Waals surface area contributed by atoms with E-state index in [1.807, 2.05) is 4.90 Å². The summed E-state index contributed by atoms with van der Waals surface area (Å²) in [4.78, 5) is 17.3. The van der Waals surface area contributed by atoms with E-state index in [0.717, 1.165) is 39.0 Å². The third-order valence-electron chi connectivity index (χ3n) is 6.22. The molecule has 1 saturated carbocycles. The molecule has 1 aliphatic carbocycles. The number of amides is 1. The number of nitrogens with zero attached hydrogens (tertiary/aromatic N) is 2. The predicted octanol–water partition coefficient (Wildman–Crippen LogP) is 0.681. The molecular formula is C16H29N3O2. The van der Waals surface area contributed by atoms with Crippen molar-refractivity contribution in [3.8, 4) is 0 Å². The van der Waals surface area contributed by atoms with Crippen LogP contribution in [0.3, 0.4) is 0 Å². The number of nitrogens with two attached hydrogens (primary N) is 1. The van der Waals surface area contributed by atoms with E-state index in [-0.39, 0.29) is 23.3 Å². The van der Waals surface area contributed by atoms with Gasteiger partial charge in [0.1, 0.15) is 5.54 Å². The van der Waals surface area contributed by atoms with E-state index in [1.165, 1.54) is 0 Å². The Balaban J connectivity index is 1.77. The molecule has 0 aromatic rings. The molecule has 3 fully saturated rings. The van der Waals surface area contributed by atoms with Crippen molar-refractivity contribution in [3.05, 3.63) is 0 Å². The molecule has 0 bridgehead atoms. The minimum atomic E-state index is -0.751. The Hall–Kier alpha value is -0.650. The molecule has 0 radical (unpaired) electrons. The van der Waals surface area contributed by atoms with Crippen LogP contribution in [0.25, 0.3) is 0 Å². The number of likely N-dealkylation sites (tertiary alicyclic amines) is 1. The van der Waals surface area contributed by atoms with E-state index in [2.05, 4.69) is 32.8 Å². The van der Waals surface area contributed by atoms with Gasteiger partial charge in [-0.25, -0.2) is 0 Å². The van der Waals surface area contributed by atoms with Crippen LogP contribution >= 0.6 is 0 Å². The highest BCUT2D eigenvalue weighted by atomic mass is 16.5. The number of hydrogen-bond donors (Lipinski definition) is 1. The average Bonchev–Trinajstić information content (AvgIpc) is 2.95. The second-order valence-electron chi connectivity index (χ2n) is 7.79. The number of carbonyl (C=O) groups is 1. The van der Waals surface area contributed by atoms with Gasteiger partial charge in [-0.05, 0) is 33.4 Å². The van der Waals surface area contributed by atoms with Crippen LogP contribution in [0.2, 0.25) is 0 Å². The van der Waals surface area contributed by atoms with E-state index in [0.29, 0.717) is 6.04 Å². The lowest BCUT2D eigenvalue weighted by Gasteiger charge is -2.65. The van der Waals surface area contributed by atoms with Gasteiger partial charge in [-0.15, -0.1) is 0 Å². The van der Waals surface area contributed by atoms with Crippen LogP contribution in [0, 0.1) is 11.3 Å². The number of fused-ring (bicyclic) bond motifs is 1. The fourth-order valence-corrected chi connectivity index (χ4v) is 4.62. The average molecular weight is 295 g/mol. The van der Waals surface area contributed by atoms with Crippen LogP contribution < -0.4 is 5.73 Å². The van der Waals surface area contributed by atoms with E-state index in [9.17, 15) is 4.79 Å². The first-order valence-electron chi connectivity index (χ1n) is 8.16. The Morgan fingerprint density at radius 1 is 1.33 bits per heavy atom. The number of hydrogen-bond acceptors (Lipinski definition) is 4. The zero-order chi connectivity index (χ0) is 15.4. The van der Waals surface area contributed by atoms with Crippen LogP contribution in [0.5, 0.6) is 0 Å². The van der Waals surface area contributed by atoms with Gasteiger partial charge in [-0.3, -0.25) is 4.79 Å². The van der Waals surface area contributed by atoms with Crippen molar-refractivity contribution in [2.75, 3.05) is 33.8 Å². The largest absolute Gasteiger partial charge is 0.377 e. The molecule has 2 N–H and O–H groups in total. The zero-order valence-corrected chi connectivity index (χ0v) is 13.8. The first kappa shape index (κ1) is 15.3. The Kier molecular flexibility index (Phi) is 3.58. The maximum absolute atomic E-state index is 13.1. The molecule has 21 heavy (non-hydrogen) atoms. The standard InChI is InChI=1S/C16H29N3O2/c1-15(2)13-12(6-5-9-21-13)16(15,17)14(20)19-8-7-11(10-19)18(3)4/h11-13H,5-10,17H2,1-4H3. The van der Waals surface area contributed by atoms with Crippen LogP contribution in [-0.4, -0.2) is 67.2 Å². The summed E-state index contributed by atoms with van der Waals surface area (Å²) in [6.07, 6.45) is 3.22. The van der Waals surface area contributed by atoms with Crippen molar-refractivity contribution < 1.29 is 9.53 Å². The predicted molar refractivity (Wildman–Crippen MR) is 81.8 cm³/mol. The molecule has 2 heterocycles. The molecule has 0 aromatic carbocycles. The number of rotatable bonds is 2. The third kappa shape index (κ3) is 1.97. The smallest absolute Gasteiger partial charge is 0.243 e. The highest BCUT2D eigenvalue weighted by Crippen LogP contribution is 2.58. The molecular weight excluding hydrogens is 266 g/mol. The van der Waals surface area contributed by atoms with Crippen molar-refractivity contribution in [2.24, 2.45) is 17.1 Å². The molecule has 0 aromatic heterocycles. The van der Waals surface area contributed by atoms with Crippen molar-refractivity contribution in [1.29, 1.82) is 0 Å². The van der Waals surface area contributed by atoms with Gasteiger partial charge >= 0.3 is 0 Å². The fourth-order valence-electron chi connectivity index (χ4n) is 4.62. The quantitative estimate of drug-likeness (QED) is 0.814. The molecule has 3 aliphatic rings. The van der Waals surface area contributed by atoms with Gasteiger partial charge in [0.05, 0.1) is 6.10 Å². The van der Waals surface area contributed by atoms with Crippen molar-refractivity contribution >= 4 is 5.91 Å². The van der Waals surface area contributed by atoms with Crippen molar-refractivity contribution in [3.63, 3.8) is 0 Å². The molecule has 5 heteroatoms. The van der Waals surface area contributed by atoms with Gasteiger partial charge in [-0.1, -0.05) is 13.8 Å². The molecule has 4 atom stereocenters. The van der Waals surface area contributed by atoms with Gasteiger partial charge in [0, 0.05) is 37.1 Å². The highest BCUT2D eigenvalue weighted by molar-refractivity contribution is 5.89. The number of ether oxygens (including phenoxy) is 1. The van der Waals surface area contributed by atoms with Gasteiger partial charge in [0.25, 0.3) is 0 Å². The summed E-state index contributed by atoms with van der Waals surface area (Å²) in [6.45, 7) is 6.63. The summed E-state index contributed by atoms with van der Waals surface area (Å²) in [6, 6.07) is 0.458. The summed E-state index contributed by atoms with van der Waals surface area (Å²) in [5.74, 6) is 0.329. The molecule has 4 unspecified atom stereocenters. The number of carbonyl (C=O) groups excluding carboxylic acids is 1. The zero-order valence-electron chi connectivity index (χ0n) is 13.8. The Bertz CT molecular complexity index is 437. The monoisotopic (exact) mass is 295 g/mol. The maximum Gasteiger partial charge on any atom is 0.243 e. The molecule has 0 spiro atoms. The molecule has 1 amide bonds. The minimum absolute atomic E-state index is 0.142. The summed E-state index contributed by atoms with van der Waals surface area (Å²) < 4.78 is 5.90. The first-order valence-corrected chi connectivity index (χ1v) is 8.16. The topological polar surface area (TPSA) is 58.8 Å². The normalized spacial score (nSPS) is 41.8. The second kappa shape index (κ2) is 4.93. The van der Waals surface area contributed by atoms with Gasteiger partial charge in [-0.2, -0.15) is 0 Å². The molecule has 3 rings (SSSR count). The van der Waals surface area contributed by atoms with Crippen LogP contribution in [0.15, 0.2) is 0 Å². The van der Waals surface area contributed by atoms with Crippen LogP contribution in [-0.2, 0) is 9.53 Å². The van der Waals surface area contributed by atoms with E-state index < -0.39 is 5.54 Å². The molecule has 120 valence electrons. The Labute approximate surface area is 127 Å². The van der Waals surface area contributed by atoms with E-state index in [1.54, 1.807) is 0 Å². The third-order valence-corrected chi connectivity index (χ3v) is 6.22. The summed E-state index contributed by atoms with van der Waals surface area (Å²) in [5.41, 5.74) is 5.67. The lowest BCUT2D eigenvalue weighted by molar-refractivity contribution is -0.229. The Morgan fingerprint density at radius 3 is 2.67 bits per heavy atom. The van der Waals surface area contributed by atoms with Crippen molar-refractivity contribution in [2.45, 2.75) is 50.8 Å². The molecule has 2 aliphatic heterocycles. The molecule has 2 saturated heterocycles. The summed E-state index contributed by atoms with van der Waals surface area (Å²) in [5, 5.41) is 0. The van der Waals surface area contributed by atoms with Crippen molar-refractivity contribution in [1.82, 2.24) is 9.80 Å². The van der Waals surface area contributed by atoms with Gasteiger partial charge in [0.2, 0.25) is 5.91 Å². The Morgan fingerprint density at radius 2 is 2.05 bits per heavy atom. The van der Waals surface area contributed by atoms with Crippen LogP contribution in [0.4, 0.5) is 0 Å². The fraction of sp³-hybridized carbons (Fsp3) is 0.938. The number of likely N-dealkylation sites (N-methyl/N-ethyl adjacent to an activating group) is 1. The van der Waals surface area contributed by atoms with Gasteiger partial charge in [0.15, 0.2) is 0 Å². The first-order chi connectivity index (χ1) is 9.80. The summed E-state index contributed by atoms with van der Waals surface area (Å²) >= 11 is 0. The van der Waals surface area contributed by atoms with E-state index in [4.69, 9.17) is 10.5 Å². The lowest BCUT2D eigenvalue weighted by atomic mass is 9.46. The SMILES string of the molecule is CN(C)C1CCN(C(=O)C2(N)C3CCCOC3C2(C)C)C1. The highest BCUT2D eigenvalue weighted by Gasteiger charge is 2.71. The van der Waals surface area contributed by atoms with Crippen LogP contribution in [0.1, 0.15) is 33.1 Å². The summed E-state index contributed by atoms with van der Waals surface area (Å²) in [7, 11) is 4.16. The van der Waals surface area contributed by atoms with E-state index >= 15 is 0 Å².